The molecule has 1 aliphatic heterocycles. The molecule has 4 rings (SSSR count). The van der Waals surface area contributed by atoms with E-state index in [1.54, 1.807) is 26.0 Å². The Balaban J connectivity index is 1.48. The highest BCUT2D eigenvalue weighted by atomic mass is 35.5. The van der Waals surface area contributed by atoms with E-state index in [-0.39, 0.29) is 28.3 Å². The lowest BCUT2D eigenvalue weighted by atomic mass is 9.88. The van der Waals surface area contributed by atoms with Crippen molar-refractivity contribution in [1.29, 1.82) is 0 Å². The SMILES string of the molecule is Cc1cc(C2=NOC(C)(c3cc(F)c(F)c(F)c3)C2)ccc1C(=O)NCc1cnc(Cl)cc1C(F)(F)F. The van der Waals surface area contributed by atoms with Crippen LogP contribution in [0.4, 0.5) is 26.3 Å². The number of benzene rings is 2. The van der Waals surface area contributed by atoms with Gasteiger partial charge in [0.25, 0.3) is 5.91 Å². The van der Waals surface area contributed by atoms with Crippen molar-refractivity contribution in [2.24, 2.45) is 5.16 Å². The second-order valence-electron chi connectivity index (χ2n) is 8.67. The van der Waals surface area contributed by atoms with E-state index in [2.05, 4.69) is 15.5 Å². The van der Waals surface area contributed by atoms with E-state index in [4.69, 9.17) is 16.4 Å². The number of nitrogens with zero attached hydrogens (tertiary/aromatic N) is 2. The third-order valence-electron chi connectivity index (χ3n) is 5.96. The molecule has 0 saturated carbocycles. The number of oxime groups is 1. The van der Waals surface area contributed by atoms with Gasteiger partial charge in [0.15, 0.2) is 23.1 Å². The summed E-state index contributed by atoms with van der Waals surface area (Å²) in [5, 5.41) is 6.13. The lowest BCUT2D eigenvalue weighted by molar-refractivity contribution is -0.138. The average molecular weight is 542 g/mol. The summed E-state index contributed by atoms with van der Waals surface area (Å²) in [5.41, 5.74) is -0.748. The number of nitrogens with one attached hydrogen (secondary N) is 1. The number of hydrogen-bond acceptors (Lipinski definition) is 4. The number of aryl methyl sites for hydroxylation is 1. The second-order valence-corrected chi connectivity index (χ2v) is 9.05. The van der Waals surface area contributed by atoms with Gasteiger partial charge in [-0.2, -0.15) is 13.2 Å². The van der Waals surface area contributed by atoms with Crippen LogP contribution in [0, 0.1) is 24.4 Å². The number of aromatic nitrogens is 1. The van der Waals surface area contributed by atoms with Gasteiger partial charge in [-0.3, -0.25) is 4.79 Å². The molecule has 1 aliphatic rings. The first-order valence-corrected chi connectivity index (χ1v) is 11.2. The quantitative estimate of drug-likeness (QED) is 0.229. The summed E-state index contributed by atoms with van der Waals surface area (Å²) in [6.45, 7) is 2.75. The normalized spacial score (nSPS) is 17.4. The molecule has 194 valence electrons. The molecule has 1 unspecified atom stereocenters. The molecule has 5 nitrogen and oxygen atoms in total. The van der Waals surface area contributed by atoms with Crippen LogP contribution in [0.2, 0.25) is 5.15 Å². The van der Waals surface area contributed by atoms with Crippen molar-refractivity contribution >= 4 is 23.2 Å². The molecule has 0 fully saturated rings. The van der Waals surface area contributed by atoms with Crippen molar-refractivity contribution in [3.8, 4) is 0 Å². The van der Waals surface area contributed by atoms with Crippen molar-refractivity contribution in [2.75, 3.05) is 0 Å². The molecular weight excluding hydrogens is 524 g/mol. The predicted octanol–water partition coefficient (Wildman–Crippen LogP) is 6.45. The molecule has 1 amide bonds. The number of halogens is 7. The zero-order chi connectivity index (χ0) is 27.1. The fourth-order valence-corrected chi connectivity index (χ4v) is 4.10. The molecule has 37 heavy (non-hydrogen) atoms. The summed E-state index contributed by atoms with van der Waals surface area (Å²) < 4.78 is 80.6. The Kier molecular flexibility index (Phi) is 6.93. The van der Waals surface area contributed by atoms with Crippen LogP contribution in [0.15, 0.2) is 47.8 Å². The van der Waals surface area contributed by atoms with Crippen molar-refractivity contribution in [1.82, 2.24) is 10.3 Å². The highest BCUT2D eigenvalue weighted by molar-refractivity contribution is 6.29. The molecule has 0 aliphatic carbocycles. The zero-order valence-electron chi connectivity index (χ0n) is 19.3. The first kappa shape index (κ1) is 26.5. The maximum Gasteiger partial charge on any atom is 0.416 e. The van der Waals surface area contributed by atoms with Crippen LogP contribution < -0.4 is 5.32 Å². The number of alkyl halides is 3. The lowest BCUT2D eigenvalue weighted by Gasteiger charge is -2.22. The standard InChI is InChI=1S/C25H18ClF6N3O2/c1-12-5-13(20-9-24(2,37-35-20)15-6-18(27)22(29)19(28)7-15)3-4-16(12)23(36)34-11-14-10-33-21(26)8-17(14)25(30,31)32/h3-8,10H,9,11H2,1-2H3,(H,34,36). The van der Waals surface area contributed by atoms with Gasteiger partial charge in [-0.1, -0.05) is 22.8 Å². The van der Waals surface area contributed by atoms with Crippen molar-refractivity contribution < 1.29 is 36.0 Å². The molecule has 0 saturated heterocycles. The number of hydrogen-bond donors (Lipinski definition) is 1. The van der Waals surface area contributed by atoms with Gasteiger partial charge in [-0.25, -0.2) is 18.2 Å². The fraction of sp³-hybridized carbons (Fsp3) is 0.240. The molecule has 2 aromatic carbocycles. The van der Waals surface area contributed by atoms with Crippen LogP contribution in [0.25, 0.3) is 0 Å². The highest BCUT2D eigenvalue weighted by Crippen LogP contribution is 2.37. The minimum absolute atomic E-state index is 0.0604. The van der Waals surface area contributed by atoms with Crippen LogP contribution in [0.3, 0.4) is 0 Å². The largest absolute Gasteiger partial charge is 0.416 e. The van der Waals surface area contributed by atoms with E-state index in [0.29, 0.717) is 22.9 Å². The van der Waals surface area contributed by atoms with E-state index in [1.807, 2.05) is 0 Å². The van der Waals surface area contributed by atoms with Crippen molar-refractivity contribution in [3.63, 3.8) is 0 Å². The zero-order valence-corrected chi connectivity index (χ0v) is 20.1. The number of carbonyl (C=O) groups is 1. The number of pyridine rings is 1. The number of carbonyl (C=O) groups excluding carboxylic acids is 1. The van der Waals surface area contributed by atoms with Crippen LogP contribution in [0.1, 0.15) is 51.5 Å². The van der Waals surface area contributed by atoms with E-state index in [0.717, 1.165) is 18.3 Å². The third-order valence-corrected chi connectivity index (χ3v) is 6.17. The van der Waals surface area contributed by atoms with Crippen molar-refractivity contribution in [3.05, 3.63) is 98.6 Å². The maximum absolute atomic E-state index is 13.7. The lowest BCUT2D eigenvalue weighted by Crippen LogP contribution is -2.25. The van der Waals surface area contributed by atoms with E-state index in [1.165, 1.54) is 6.07 Å². The molecule has 0 radical (unpaired) electrons. The summed E-state index contributed by atoms with van der Waals surface area (Å²) in [4.78, 5) is 21.8. The summed E-state index contributed by atoms with van der Waals surface area (Å²) in [6.07, 6.45) is -3.62. The first-order valence-electron chi connectivity index (χ1n) is 10.8. The first-order chi connectivity index (χ1) is 17.3. The maximum atomic E-state index is 13.7. The van der Waals surface area contributed by atoms with Gasteiger partial charge < -0.3 is 10.2 Å². The second kappa shape index (κ2) is 9.70. The molecule has 1 atom stereocenters. The molecule has 1 N–H and O–H groups in total. The van der Waals surface area contributed by atoms with E-state index in [9.17, 15) is 31.1 Å². The van der Waals surface area contributed by atoms with Gasteiger partial charge in [0, 0.05) is 35.9 Å². The summed E-state index contributed by atoms with van der Waals surface area (Å²) in [6, 6.07) is 7.04. The Morgan fingerprint density at radius 1 is 1.14 bits per heavy atom. The average Bonchev–Trinajstić information content (AvgIpc) is 3.24. The number of amides is 1. The Morgan fingerprint density at radius 3 is 2.43 bits per heavy atom. The smallest absolute Gasteiger partial charge is 0.384 e. The van der Waals surface area contributed by atoms with E-state index >= 15 is 0 Å². The Labute approximate surface area is 212 Å². The Morgan fingerprint density at radius 2 is 1.81 bits per heavy atom. The molecule has 0 spiro atoms. The summed E-state index contributed by atoms with van der Waals surface area (Å²) in [5.74, 6) is -4.90. The minimum atomic E-state index is -4.67. The topological polar surface area (TPSA) is 63.6 Å². The molecular formula is C25H18ClF6N3O2. The monoisotopic (exact) mass is 541 g/mol. The van der Waals surface area contributed by atoms with Crippen LogP contribution in [0.5, 0.6) is 0 Å². The van der Waals surface area contributed by atoms with Gasteiger partial charge in [0.2, 0.25) is 0 Å². The van der Waals surface area contributed by atoms with Gasteiger partial charge in [-0.15, -0.1) is 0 Å². The van der Waals surface area contributed by atoms with Gasteiger partial charge in [0.1, 0.15) is 5.15 Å². The fourth-order valence-electron chi connectivity index (χ4n) is 3.94. The van der Waals surface area contributed by atoms with Crippen LogP contribution in [-0.2, 0) is 23.2 Å². The van der Waals surface area contributed by atoms with Gasteiger partial charge in [-0.05, 0) is 55.3 Å². The van der Waals surface area contributed by atoms with Gasteiger partial charge in [0.05, 0.1) is 11.3 Å². The summed E-state index contributed by atoms with van der Waals surface area (Å²) >= 11 is 5.58. The molecule has 2 heterocycles. The molecule has 12 heteroatoms. The molecule has 1 aromatic heterocycles. The van der Waals surface area contributed by atoms with Crippen LogP contribution in [-0.4, -0.2) is 16.6 Å². The molecule has 0 bridgehead atoms. The third kappa shape index (κ3) is 5.41. The molecule has 3 aromatic rings. The number of rotatable bonds is 5. The van der Waals surface area contributed by atoms with Gasteiger partial charge >= 0.3 is 6.18 Å². The predicted molar refractivity (Wildman–Crippen MR) is 123 cm³/mol. The van der Waals surface area contributed by atoms with Crippen molar-refractivity contribution in [2.45, 2.75) is 38.6 Å². The van der Waals surface area contributed by atoms with Crippen LogP contribution >= 0.6 is 11.6 Å². The van der Waals surface area contributed by atoms with E-state index < -0.39 is 47.2 Å². The summed E-state index contributed by atoms with van der Waals surface area (Å²) in [7, 11) is 0. The minimum Gasteiger partial charge on any atom is -0.384 e. The highest BCUT2D eigenvalue weighted by Gasteiger charge is 2.38. The Hall–Kier alpha value is -3.60. The Bertz CT molecular complexity index is 1400.